The molecular weight excluding hydrogens is 418 g/mol. The van der Waals surface area contributed by atoms with Crippen molar-refractivity contribution in [3.8, 4) is 0 Å². The number of amides is 4. The SMILES string of the molecule is CCOC(=O)c1c(NC(=O)CN2C(=O)N[C@@](C)(c3ccc(C)cc3)C2=O)sc(C)c1C. The second-order valence-electron chi connectivity index (χ2n) is 7.57. The predicted octanol–water partition coefficient (Wildman–Crippen LogP) is 3.26. The van der Waals surface area contributed by atoms with E-state index >= 15 is 0 Å². The third-order valence-corrected chi connectivity index (χ3v) is 6.45. The van der Waals surface area contributed by atoms with Crippen molar-refractivity contribution in [3.05, 3.63) is 51.4 Å². The molecule has 1 aromatic heterocycles. The minimum atomic E-state index is -1.25. The molecule has 0 bridgehead atoms. The largest absolute Gasteiger partial charge is 0.462 e. The zero-order valence-corrected chi connectivity index (χ0v) is 18.9. The molecule has 2 aromatic rings. The molecule has 8 nitrogen and oxygen atoms in total. The summed E-state index contributed by atoms with van der Waals surface area (Å²) in [5.41, 5.74) is 1.42. The van der Waals surface area contributed by atoms with Gasteiger partial charge in [-0.15, -0.1) is 11.3 Å². The summed E-state index contributed by atoms with van der Waals surface area (Å²) in [6.45, 7) is 8.59. The maximum absolute atomic E-state index is 13.0. The normalized spacial score (nSPS) is 18.2. The van der Waals surface area contributed by atoms with Gasteiger partial charge in [0, 0.05) is 4.88 Å². The topological polar surface area (TPSA) is 105 Å². The highest BCUT2D eigenvalue weighted by atomic mass is 32.1. The van der Waals surface area contributed by atoms with Crippen molar-refractivity contribution in [2.45, 2.75) is 40.2 Å². The van der Waals surface area contributed by atoms with E-state index in [9.17, 15) is 19.2 Å². The summed E-state index contributed by atoms with van der Waals surface area (Å²) in [5, 5.41) is 5.68. The van der Waals surface area contributed by atoms with Crippen LogP contribution in [0.15, 0.2) is 24.3 Å². The van der Waals surface area contributed by atoms with E-state index in [2.05, 4.69) is 10.6 Å². The van der Waals surface area contributed by atoms with Gasteiger partial charge in [0.2, 0.25) is 5.91 Å². The first kappa shape index (κ1) is 22.5. The number of aryl methyl sites for hydroxylation is 2. The maximum Gasteiger partial charge on any atom is 0.341 e. The molecule has 0 saturated carbocycles. The molecule has 0 unspecified atom stereocenters. The van der Waals surface area contributed by atoms with Gasteiger partial charge in [-0.3, -0.25) is 14.5 Å². The first-order valence-electron chi connectivity index (χ1n) is 9.86. The molecule has 1 aliphatic heterocycles. The van der Waals surface area contributed by atoms with Gasteiger partial charge in [-0.2, -0.15) is 0 Å². The van der Waals surface area contributed by atoms with Gasteiger partial charge in [0.25, 0.3) is 5.91 Å². The van der Waals surface area contributed by atoms with Gasteiger partial charge in [0.15, 0.2) is 0 Å². The Hall–Kier alpha value is -3.20. The summed E-state index contributed by atoms with van der Waals surface area (Å²) < 4.78 is 5.08. The van der Waals surface area contributed by atoms with E-state index in [1.165, 1.54) is 11.3 Å². The standard InChI is InChI=1S/C22H25N3O5S/c1-6-30-19(27)17-13(3)14(4)31-18(17)23-16(26)11-25-20(28)22(5,24-21(25)29)15-9-7-12(2)8-10-15/h7-10H,6,11H2,1-5H3,(H,23,26)(H,24,29)/t22-/m0/s1. The molecule has 0 aliphatic carbocycles. The number of nitrogens with one attached hydrogen (secondary N) is 2. The van der Waals surface area contributed by atoms with Crippen molar-refractivity contribution in [1.82, 2.24) is 10.2 Å². The van der Waals surface area contributed by atoms with Crippen LogP contribution in [0.3, 0.4) is 0 Å². The summed E-state index contributed by atoms with van der Waals surface area (Å²) in [6, 6.07) is 6.62. The highest BCUT2D eigenvalue weighted by Crippen LogP contribution is 2.33. The number of carbonyl (C=O) groups excluding carboxylic acids is 4. The zero-order valence-electron chi connectivity index (χ0n) is 18.1. The first-order chi connectivity index (χ1) is 14.6. The number of anilines is 1. The molecule has 0 spiro atoms. The van der Waals surface area contributed by atoms with E-state index in [1.54, 1.807) is 32.9 Å². The van der Waals surface area contributed by atoms with E-state index < -0.39 is 35.9 Å². The van der Waals surface area contributed by atoms with Crippen molar-refractivity contribution in [2.75, 3.05) is 18.5 Å². The van der Waals surface area contributed by atoms with Crippen molar-refractivity contribution >= 4 is 40.2 Å². The van der Waals surface area contributed by atoms with Gasteiger partial charge in [0.05, 0.1) is 12.2 Å². The van der Waals surface area contributed by atoms with E-state index in [1.807, 2.05) is 26.0 Å². The lowest BCUT2D eigenvalue weighted by atomic mass is 9.91. The van der Waals surface area contributed by atoms with Crippen molar-refractivity contribution in [3.63, 3.8) is 0 Å². The fraction of sp³-hybridized carbons (Fsp3) is 0.364. The minimum Gasteiger partial charge on any atom is -0.462 e. The lowest BCUT2D eigenvalue weighted by Crippen LogP contribution is -2.42. The van der Waals surface area contributed by atoms with Gasteiger partial charge in [0.1, 0.15) is 17.1 Å². The second kappa shape index (κ2) is 8.50. The van der Waals surface area contributed by atoms with Gasteiger partial charge >= 0.3 is 12.0 Å². The number of thiophene rings is 1. The monoisotopic (exact) mass is 443 g/mol. The highest BCUT2D eigenvalue weighted by Gasteiger charge is 2.49. The third kappa shape index (κ3) is 4.18. The average molecular weight is 444 g/mol. The summed E-state index contributed by atoms with van der Waals surface area (Å²) in [6.07, 6.45) is 0. The number of rotatable bonds is 6. The Kier molecular flexibility index (Phi) is 6.17. The molecule has 3 rings (SSSR count). The van der Waals surface area contributed by atoms with Crippen molar-refractivity contribution in [1.29, 1.82) is 0 Å². The smallest absolute Gasteiger partial charge is 0.341 e. The molecule has 1 aliphatic rings. The molecule has 9 heteroatoms. The van der Waals surface area contributed by atoms with Crippen LogP contribution in [-0.4, -0.2) is 41.9 Å². The van der Waals surface area contributed by atoms with Crippen LogP contribution in [0.25, 0.3) is 0 Å². The summed E-state index contributed by atoms with van der Waals surface area (Å²) in [4.78, 5) is 52.2. The number of imide groups is 1. The predicted molar refractivity (Wildman–Crippen MR) is 117 cm³/mol. The van der Waals surface area contributed by atoms with Crippen LogP contribution < -0.4 is 10.6 Å². The lowest BCUT2D eigenvalue weighted by molar-refractivity contribution is -0.133. The Morgan fingerprint density at radius 2 is 1.81 bits per heavy atom. The molecule has 1 saturated heterocycles. The number of nitrogens with zero attached hydrogens (tertiary/aromatic N) is 1. The average Bonchev–Trinajstić information content (AvgIpc) is 3.10. The molecule has 1 aromatic carbocycles. The second-order valence-corrected chi connectivity index (χ2v) is 8.79. The number of carbonyl (C=O) groups is 4. The first-order valence-corrected chi connectivity index (χ1v) is 10.7. The number of benzene rings is 1. The summed E-state index contributed by atoms with van der Waals surface area (Å²) in [7, 11) is 0. The molecule has 1 atom stereocenters. The Morgan fingerprint density at radius 1 is 1.16 bits per heavy atom. The molecule has 4 amide bonds. The molecule has 2 heterocycles. The van der Waals surface area contributed by atoms with Crippen LogP contribution in [0, 0.1) is 20.8 Å². The molecule has 31 heavy (non-hydrogen) atoms. The molecule has 164 valence electrons. The number of hydrogen-bond acceptors (Lipinski definition) is 6. The van der Waals surface area contributed by atoms with Crippen LogP contribution in [0.2, 0.25) is 0 Å². The fourth-order valence-corrected chi connectivity index (χ4v) is 4.46. The van der Waals surface area contributed by atoms with Gasteiger partial charge < -0.3 is 15.4 Å². The van der Waals surface area contributed by atoms with Crippen LogP contribution in [0.1, 0.15) is 45.8 Å². The van der Waals surface area contributed by atoms with Crippen LogP contribution in [-0.2, 0) is 19.9 Å². The Morgan fingerprint density at radius 3 is 2.42 bits per heavy atom. The third-order valence-electron chi connectivity index (χ3n) is 5.32. The summed E-state index contributed by atoms with van der Waals surface area (Å²) in [5.74, 6) is -1.62. The number of hydrogen-bond donors (Lipinski definition) is 2. The van der Waals surface area contributed by atoms with E-state index in [-0.39, 0.29) is 6.61 Å². The molecule has 0 radical (unpaired) electrons. The van der Waals surface area contributed by atoms with Gasteiger partial charge in [-0.1, -0.05) is 29.8 Å². The van der Waals surface area contributed by atoms with Crippen LogP contribution in [0.4, 0.5) is 9.80 Å². The summed E-state index contributed by atoms with van der Waals surface area (Å²) >= 11 is 1.24. The van der Waals surface area contributed by atoms with Crippen LogP contribution in [0.5, 0.6) is 0 Å². The fourth-order valence-electron chi connectivity index (χ4n) is 3.40. The lowest BCUT2D eigenvalue weighted by Gasteiger charge is -2.22. The Labute approximate surface area is 184 Å². The highest BCUT2D eigenvalue weighted by molar-refractivity contribution is 7.16. The van der Waals surface area contributed by atoms with Crippen molar-refractivity contribution < 1.29 is 23.9 Å². The van der Waals surface area contributed by atoms with E-state index in [0.29, 0.717) is 16.1 Å². The van der Waals surface area contributed by atoms with Crippen LogP contribution >= 0.6 is 11.3 Å². The molecular formula is C22H25N3O5S. The van der Waals surface area contributed by atoms with E-state index in [4.69, 9.17) is 4.74 Å². The Balaban J connectivity index is 1.78. The number of urea groups is 1. The van der Waals surface area contributed by atoms with Gasteiger partial charge in [-0.25, -0.2) is 9.59 Å². The van der Waals surface area contributed by atoms with E-state index in [0.717, 1.165) is 20.9 Å². The number of ether oxygens (including phenoxy) is 1. The Bertz CT molecular complexity index is 1060. The quantitative estimate of drug-likeness (QED) is 0.527. The zero-order chi connectivity index (χ0) is 22.9. The minimum absolute atomic E-state index is 0.209. The van der Waals surface area contributed by atoms with Crippen molar-refractivity contribution in [2.24, 2.45) is 0 Å². The molecule has 1 fully saturated rings. The molecule has 2 N–H and O–H groups in total. The number of esters is 1. The maximum atomic E-state index is 13.0. The van der Waals surface area contributed by atoms with Gasteiger partial charge in [-0.05, 0) is 45.7 Å².